The lowest BCUT2D eigenvalue weighted by atomic mass is 9.65. The van der Waals surface area contributed by atoms with Gasteiger partial charge >= 0.3 is 5.97 Å². The van der Waals surface area contributed by atoms with E-state index in [0.717, 1.165) is 10.6 Å². The maximum absolute atomic E-state index is 14.0. The summed E-state index contributed by atoms with van der Waals surface area (Å²) in [6.45, 7) is 29.2. The smallest absolute Gasteiger partial charge is 0.306 e. The minimum Gasteiger partial charge on any atom is -0.461 e. The molecular weight excluding hydrogens is 627 g/mol. The number of Topliss-reactive ketones (excluding diaryl/α,β-unsaturated/α-hetero) is 1. The first-order chi connectivity index (χ1) is 21.4. The standard InChI is InChI=1S/C37H63NO7Si2/c1-21-18-27-32(34(45-47(14,15)37(7,8)9)23(3)33(27)44-46(12,13)36(4,5)6)31-24(21)19-25-26(31)20-30(40)43-29(17-16-28(25)39)22(2)35(41)38(10)42-11/h18-19,22-24,26-27,29,31-34H,16-17,20H2,1-15H3/t22-,23+,24+,26-,27-,29+,31-,32+,33+,34-/m1/s1. The van der Waals surface area contributed by atoms with Gasteiger partial charge in [-0.15, -0.1) is 0 Å². The van der Waals surface area contributed by atoms with Crippen LogP contribution in [0.5, 0.6) is 0 Å². The van der Waals surface area contributed by atoms with Gasteiger partial charge in [0.05, 0.1) is 31.7 Å². The highest BCUT2D eigenvalue weighted by Crippen LogP contribution is 2.60. The van der Waals surface area contributed by atoms with Crippen LogP contribution in [0.15, 0.2) is 23.3 Å². The number of cyclic esters (lactones) is 1. The highest BCUT2D eigenvalue weighted by Gasteiger charge is 2.61. The molecule has 0 aromatic carbocycles. The lowest BCUT2D eigenvalue weighted by Gasteiger charge is -2.45. The molecule has 266 valence electrons. The number of nitrogens with zero attached hydrogens (tertiary/aromatic N) is 1. The van der Waals surface area contributed by atoms with Crippen LogP contribution in [-0.2, 0) is 32.8 Å². The van der Waals surface area contributed by atoms with E-state index in [1.165, 1.54) is 12.7 Å². The third-order valence-corrected chi connectivity index (χ3v) is 21.9. The van der Waals surface area contributed by atoms with E-state index >= 15 is 0 Å². The SMILES string of the molecule is CON(C)C(=O)[C@H](C)[C@@H]1CCC(=O)C2=C[C@H]3C(C)=C[C@H]4[C@@H](O[Si](C)(C)C(C)(C)C)[C@H](C)[C@@H](O[Si](C)(C)C(C)(C)C)[C@@H]4[C@H]3[C@@H]2CC(=O)O1. The molecule has 1 amide bonds. The predicted molar refractivity (Wildman–Crippen MR) is 190 cm³/mol. The molecule has 8 nitrogen and oxygen atoms in total. The summed E-state index contributed by atoms with van der Waals surface area (Å²) in [5.41, 5.74) is 2.00. The zero-order valence-corrected chi connectivity index (χ0v) is 33.9. The fourth-order valence-corrected chi connectivity index (χ4v) is 10.8. The van der Waals surface area contributed by atoms with Gasteiger partial charge < -0.3 is 13.6 Å². The lowest BCUT2D eigenvalue weighted by Crippen LogP contribution is -2.49. The Morgan fingerprint density at radius 2 is 1.51 bits per heavy atom. The molecule has 1 heterocycles. The summed E-state index contributed by atoms with van der Waals surface area (Å²) in [6, 6.07) is 0. The number of ether oxygens (including phenoxy) is 1. The van der Waals surface area contributed by atoms with Crippen LogP contribution in [-0.4, -0.2) is 71.8 Å². The lowest BCUT2D eigenvalue weighted by molar-refractivity contribution is -0.179. The Hall–Kier alpha value is -1.60. The Kier molecular flexibility index (Phi) is 10.8. The topological polar surface area (TPSA) is 91.4 Å². The molecule has 0 unspecified atom stereocenters. The number of fused-ring (bicyclic) bond motifs is 5. The predicted octanol–water partition coefficient (Wildman–Crippen LogP) is 7.72. The van der Waals surface area contributed by atoms with Gasteiger partial charge in [0.1, 0.15) is 6.10 Å². The fourth-order valence-electron chi connectivity index (χ4n) is 7.96. The van der Waals surface area contributed by atoms with Gasteiger partial charge in [-0.05, 0) is 73.9 Å². The van der Waals surface area contributed by atoms with E-state index in [2.05, 4.69) is 93.7 Å². The van der Waals surface area contributed by atoms with Crippen molar-refractivity contribution in [1.29, 1.82) is 0 Å². The Labute approximate surface area is 286 Å². The van der Waals surface area contributed by atoms with Crippen LogP contribution in [0.4, 0.5) is 0 Å². The first kappa shape index (κ1) is 38.2. The van der Waals surface area contributed by atoms with E-state index < -0.39 is 28.7 Å². The fraction of sp³-hybridized carbons (Fsp3) is 0.811. The second-order valence-corrected chi connectivity index (χ2v) is 27.5. The molecular formula is C37H63NO7Si2. The van der Waals surface area contributed by atoms with E-state index in [-0.39, 0.29) is 88.3 Å². The number of carbonyl (C=O) groups is 3. The van der Waals surface area contributed by atoms with Gasteiger partial charge in [0.2, 0.25) is 0 Å². The molecule has 2 fully saturated rings. The number of allylic oxidation sites excluding steroid dienone is 3. The molecule has 0 aromatic rings. The first-order valence-electron chi connectivity index (χ1n) is 17.7. The summed E-state index contributed by atoms with van der Waals surface area (Å²) in [4.78, 5) is 45.8. The molecule has 10 atom stereocenters. The van der Waals surface area contributed by atoms with Crippen molar-refractivity contribution in [2.24, 2.45) is 41.4 Å². The van der Waals surface area contributed by atoms with Crippen LogP contribution < -0.4 is 0 Å². The van der Waals surface area contributed by atoms with E-state index in [0.29, 0.717) is 6.42 Å². The van der Waals surface area contributed by atoms with Crippen molar-refractivity contribution in [3.8, 4) is 0 Å². The normalized spacial score (nSPS) is 34.1. The molecule has 0 radical (unpaired) electrons. The van der Waals surface area contributed by atoms with Crippen LogP contribution in [0, 0.1) is 41.4 Å². The molecule has 1 aliphatic heterocycles. The van der Waals surface area contributed by atoms with E-state index in [4.69, 9.17) is 18.4 Å². The largest absolute Gasteiger partial charge is 0.461 e. The van der Waals surface area contributed by atoms with E-state index in [1.54, 1.807) is 14.0 Å². The van der Waals surface area contributed by atoms with Crippen LogP contribution in [0.25, 0.3) is 0 Å². The molecule has 3 aliphatic carbocycles. The van der Waals surface area contributed by atoms with Crippen LogP contribution in [0.3, 0.4) is 0 Å². The average molecular weight is 690 g/mol. The molecule has 47 heavy (non-hydrogen) atoms. The average Bonchev–Trinajstić information content (AvgIpc) is 3.44. The molecule has 10 heteroatoms. The number of amides is 1. The summed E-state index contributed by atoms with van der Waals surface area (Å²) in [5.74, 6) is -1.05. The summed E-state index contributed by atoms with van der Waals surface area (Å²) in [5, 5.41) is 1.23. The Balaban J connectivity index is 1.76. The number of hydrogen-bond acceptors (Lipinski definition) is 7. The summed E-state index contributed by atoms with van der Waals surface area (Å²) >= 11 is 0. The number of hydroxylamine groups is 2. The molecule has 4 aliphatic rings. The third kappa shape index (κ3) is 7.19. The van der Waals surface area contributed by atoms with Crippen molar-refractivity contribution in [2.75, 3.05) is 14.2 Å². The number of carbonyl (C=O) groups excluding carboxylic acids is 3. The van der Waals surface area contributed by atoms with Crippen molar-refractivity contribution >= 4 is 34.3 Å². The second kappa shape index (κ2) is 13.3. The molecule has 4 rings (SSSR count). The van der Waals surface area contributed by atoms with Gasteiger partial charge in [-0.2, -0.15) is 0 Å². The summed E-state index contributed by atoms with van der Waals surface area (Å²) < 4.78 is 20.8. The highest BCUT2D eigenvalue weighted by atomic mass is 28.4. The maximum atomic E-state index is 14.0. The monoisotopic (exact) mass is 689 g/mol. The molecule has 0 spiro atoms. The number of esters is 1. The summed E-state index contributed by atoms with van der Waals surface area (Å²) in [6.07, 6.45) is 4.45. The van der Waals surface area contributed by atoms with Crippen molar-refractivity contribution in [3.05, 3.63) is 23.3 Å². The molecule has 1 saturated heterocycles. The van der Waals surface area contributed by atoms with Gasteiger partial charge in [0.15, 0.2) is 22.4 Å². The van der Waals surface area contributed by atoms with E-state index in [1.807, 2.05) is 0 Å². The zero-order chi connectivity index (χ0) is 35.6. The highest BCUT2D eigenvalue weighted by molar-refractivity contribution is 6.74. The summed E-state index contributed by atoms with van der Waals surface area (Å²) in [7, 11) is -1.38. The molecule has 1 saturated carbocycles. The Morgan fingerprint density at radius 3 is 2.04 bits per heavy atom. The van der Waals surface area contributed by atoms with Crippen molar-refractivity contribution in [2.45, 2.75) is 136 Å². The van der Waals surface area contributed by atoms with Gasteiger partial charge in [-0.1, -0.05) is 66.2 Å². The maximum Gasteiger partial charge on any atom is 0.306 e. The van der Waals surface area contributed by atoms with Crippen molar-refractivity contribution < 1.29 is 32.8 Å². The zero-order valence-electron chi connectivity index (χ0n) is 31.9. The molecule has 0 aromatic heterocycles. The second-order valence-electron chi connectivity index (χ2n) is 17.9. The number of rotatable bonds is 7. The van der Waals surface area contributed by atoms with Gasteiger partial charge in [-0.25, -0.2) is 5.06 Å². The molecule has 0 N–H and O–H groups in total. The Bertz CT molecular complexity index is 1290. The first-order valence-corrected chi connectivity index (χ1v) is 23.5. The van der Waals surface area contributed by atoms with Crippen LogP contribution >= 0.6 is 0 Å². The van der Waals surface area contributed by atoms with Crippen molar-refractivity contribution in [1.82, 2.24) is 5.06 Å². The van der Waals surface area contributed by atoms with Crippen LogP contribution in [0.2, 0.25) is 36.3 Å². The number of ketones is 1. The van der Waals surface area contributed by atoms with Crippen LogP contribution in [0.1, 0.15) is 81.6 Å². The third-order valence-electron chi connectivity index (χ3n) is 13.0. The van der Waals surface area contributed by atoms with E-state index in [9.17, 15) is 14.4 Å². The van der Waals surface area contributed by atoms with Crippen molar-refractivity contribution in [3.63, 3.8) is 0 Å². The molecule has 0 bridgehead atoms. The quantitative estimate of drug-likeness (QED) is 0.117. The Morgan fingerprint density at radius 1 is 0.957 bits per heavy atom. The van der Waals surface area contributed by atoms with Gasteiger partial charge in [0.25, 0.3) is 5.91 Å². The number of hydrogen-bond donors (Lipinski definition) is 0. The minimum absolute atomic E-state index is 0.0105. The minimum atomic E-state index is -2.20. The van der Waals surface area contributed by atoms with Gasteiger partial charge in [-0.3, -0.25) is 19.2 Å². The van der Waals surface area contributed by atoms with Gasteiger partial charge in [0, 0.05) is 37.1 Å².